The van der Waals surface area contributed by atoms with Gasteiger partial charge >= 0.3 is 0 Å². The van der Waals surface area contributed by atoms with E-state index in [9.17, 15) is 9.18 Å². The Bertz CT molecular complexity index is 675. The van der Waals surface area contributed by atoms with E-state index in [-0.39, 0.29) is 18.3 Å². The third kappa shape index (κ3) is 4.15. The maximum absolute atomic E-state index is 13.8. The second kappa shape index (κ2) is 7.51. The van der Waals surface area contributed by atoms with Crippen LogP contribution in [0.1, 0.15) is 21.5 Å². The maximum atomic E-state index is 13.8. The van der Waals surface area contributed by atoms with Crippen LogP contribution in [0.2, 0.25) is 0 Å². The number of hydrogen-bond donors (Lipinski definition) is 0. The van der Waals surface area contributed by atoms with Crippen molar-refractivity contribution in [3.63, 3.8) is 0 Å². The maximum Gasteiger partial charge on any atom is 0.253 e. The number of carbonyl (C=O) groups excluding carboxylic acids is 1. The summed E-state index contributed by atoms with van der Waals surface area (Å²) >= 11 is 3.31. The van der Waals surface area contributed by atoms with Crippen molar-refractivity contribution in [1.29, 1.82) is 0 Å². The summed E-state index contributed by atoms with van der Waals surface area (Å²) in [6.07, 6.45) is 0. The van der Waals surface area contributed by atoms with Gasteiger partial charge in [0, 0.05) is 36.3 Å². The molecule has 0 N–H and O–H groups in total. The number of methoxy groups -OCH3 is 1. The lowest BCUT2D eigenvalue weighted by molar-refractivity contribution is 0.0783. The number of rotatable bonds is 5. The zero-order valence-corrected chi connectivity index (χ0v) is 14.1. The van der Waals surface area contributed by atoms with Crippen molar-refractivity contribution in [2.75, 3.05) is 14.2 Å². The molecule has 2 rings (SSSR count). The number of ether oxygens (including phenoxy) is 1. The molecule has 0 fully saturated rings. The number of amides is 1. The predicted octanol–water partition coefficient (Wildman–Crippen LogP) is 4.01. The topological polar surface area (TPSA) is 29.5 Å². The standard InChI is InChI=1S/C17H17BrFNO2/c1-20(10-14-9-15(18)6-7-16(14)19)17(21)13-5-3-4-12(8-13)11-22-2/h3-9H,10-11H2,1-2H3. The van der Waals surface area contributed by atoms with Gasteiger partial charge in [-0.3, -0.25) is 4.79 Å². The Balaban J connectivity index is 2.15. The highest BCUT2D eigenvalue weighted by atomic mass is 79.9. The first kappa shape index (κ1) is 16.6. The number of carbonyl (C=O) groups is 1. The summed E-state index contributed by atoms with van der Waals surface area (Å²) in [5.41, 5.74) is 1.96. The van der Waals surface area contributed by atoms with E-state index in [1.54, 1.807) is 38.4 Å². The van der Waals surface area contributed by atoms with Crippen LogP contribution >= 0.6 is 15.9 Å². The van der Waals surface area contributed by atoms with Crippen molar-refractivity contribution in [1.82, 2.24) is 4.90 Å². The molecule has 0 spiro atoms. The van der Waals surface area contributed by atoms with E-state index in [4.69, 9.17) is 4.74 Å². The zero-order valence-electron chi connectivity index (χ0n) is 12.5. The summed E-state index contributed by atoms with van der Waals surface area (Å²) in [7, 11) is 3.27. The largest absolute Gasteiger partial charge is 0.380 e. The molecule has 5 heteroatoms. The molecule has 0 aliphatic rings. The summed E-state index contributed by atoms with van der Waals surface area (Å²) in [5.74, 6) is -0.478. The van der Waals surface area contributed by atoms with Crippen molar-refractivity contribution >= 4 is 21.8 Å². The van der Waals surface area contributed by atoms with Crippen molar-refractivity contribution in [2.45, 2.75) is 13.2 Å². The van der Waals surface area contributed by atoms with E-state index in [2.05, 4.69) is 15.9 Å². The smallest absolute Gasteiger partial charge is 0.253 e. The molecule has 0 aliphatic heterocycles. The van der Waals surface area contributed by atoms with Gasteiger partial charge in [-0.25, -0.2) is 4.39 Å². The van der Waals surface area contributed by atoms with Crippen molar-refractivity contribution in [3.05, 3.63) is 69.4 Å². The van der Waals surface area contributed by atoms with E-state index in [1.807, 2.05) is 12.1 Å². The van der Waals surface area contributed by atoms with E-state index in [0.29, 0.717) is 17.7 Å². The quantitative estimate of drug-likeness (QED) is 0.801. The molecule has 2 aromatic carbocycles. The summed E-state index contributed by atoms with van der Waals surface area (Å²) in [4.78, 5) is 13.9. The Morgan fingerprint density at radius 3 is 2.77 bits per heavy atom. The molecule has 2 aromatic rings. The molecule has 0 heterocycles. The highest BCUT2D eigenvalue weighted by Crippen LogP contribution is 2.18. The lowest BCUT2D eigenvalue weighted by Gasteiger charge is -2.18. The zero-order chi connectivity index (χ0) is 16.1. The first-order valence-corrected chi connectivity index (χ1v) is 7.58. The summed E-state index contributed by atoms with van der Waals surface area (Å²) < 4.78 is 19.6. The third-order valence-electron chi connectivity index (χ3n) is 3.25. The fraction of sp³-hybridized carbons (Fsp3) is 0.235. The van der Waals surface area contributed by atoms with E-state index < -0.39 is 0 Å². The Morgan fingerprint density at radius 2 is 2.05 bits per heavy atom. The number of halogens is 2. The van der Waals surface area contributed by atoms with Crippen LogP contribution < -0.4 is 0 Å². The van der Waals surface area contributed by atoms with Gasteiger partial charge in [0.2, 0.25) is 0 Å². The molecule has 0 atom stereocenters. The second-order valence-electron chi connectivity index (χ2n) is 5.03. The molecule has 22 heavy (non-hydrogen) atoms. The van der Waals surface area contributed by atoms with Gasteiger partial charge in [-0.15, -0.1) is 0 Å². The average molecular weight is 366 g/mol. The SMILES string of the molecule is COCc1cccc(C(=O)N(C)Cc2cc(Br)ccc2F)c1. The summed E-state index contributed by atoms with van der Waals surface area (Å²) in [6.45, 7) is 0.656. The highest BCUT2D eigenvalue weighted by molar-refractivity contribution is 9.10. The molecule has 0 saturated heterocycles. The molecule has 0 saturated carbocycles. The lowest BCUT2D eigenvalue weighted by atomic mass is 10.1. The predicted molar refractivity (Wildman–Crippen MR) is 87.1 cm³/mol. The molecule has 116 valence electrons. The van der Waals surface area contributed by atoms with Crippen molar-refractivity contribution < 1.29 is 13.9 Å². The van der Waals surface area contributed by atoms with Crippen LogP contribution in [0, 0.1) is 5.82 Å². The van der Waals surface area contributed by atoms with Gasteiger partial charge in [0.15, 0.2) is 0 Å². The molecule has 0 radical (unpaired) electrons. The van der Waals surface area contributed by atoms with Gasteiger partial charge in [0.25, 0.3) is 5.91 Å². The molecule has 3 nitrogen and oxygen atoms in total. The normalized spacial score (nSPS) is 10.5. The van der Waals surface area contributed by atoms with Gasteiger partial charge in [-0.2, -0.15) is 0 Å². The van der Waals surface area contributed by atoms with E-state index >= 15 is 0 Å². The minimum Gasteiger partial charge on any atom is -0.380 e. The van der Waals surface area contributed by atoms with Crippen LogP contribution in [0.25, 0.3) is 0 Å². The van der Waals surface area contributed by atoms with Gasteiger partial charge in [-0.05, 0) is 35.9 Å². The Hall–Kier alpha value is -1.72. The number of benzene rings is 2. The minimum atomic E-state index is -0.323. The van der Waals surface area contributed by atoms with Crippen molar-refractivity contribution in [3.8, 4) is 0 Å². The second-order valence-corrected chi connectivity index (χ2v) is 5.95. The molecular formula is C17H17BrFNO2. The van der Waals surface area contributed by atoms with Crippen molar-refractivity contribution in [2.24, 2.45) is 0 Å². The molecule has 0 aliphatic carbocycles. The molecule has 0 unspecified atom stereocenters. The van der Waals surface area contributed by atoms with Crippen LogP contribution in [0.5, 0.6) is 0 Å². The van der Waals surface area contributed by atoms with Crippen LogP contribution in [0.3, 0.4) is 0 Å². The monoisotopic (exact) mass is 365 g/mol. The summed E-state index contributed by atoms with van der Waals surface area (Å²) in [6, 6.07) is 11.9. The fourth-order valence-corrected chi connectivity index (χ4v) is 2.58. The third-order valence-corrected chi connectivity index (χ3v) is 3.74. The Labute approximate surface area is 137 Å². The van der Waals surface area contributed by atoms with Crippen LogP contribution in [-0.4, -0.2) is 25.0 Å². The Kier molecular flexibility index (Phi) is 5.69. The van der Waals surface area contributed by atoms with Gasteiger partial charge < -0.3 is 9.64 Å². The first-order valence-electron chi connectivity index (χ1n) is 6.78. The minimum absolute atomic E-state index is 0.155. The number of nitrogens with zero attached hydrogens (tertiary/aromatic N) is 1. The molecular weight excluding hydrogens is 349 g/mol. The number of hydrogen-bond acceptors (Lipinski definition) is 2. The van der Waals surface area contributed by atoms with E-state index in [0.717, 1.165) is 10.0 Å². The van der Waals surface area contributed by atoms with Gasteiger partial charge in [-0.1, -0.05) is 28.1 Å². The first-order chi connectivity index (χ1) is 10.5. The van der Waals surface area contributed by atoms with Crippen LogP contribution in [0.15, 0.2) is 46.9 Å². The Morgan fingerprint density at radius 1 is 1.27 bits per heavy atom. The molecule has 0 bridgehead atoms. The molecule has 1 amide bonds. The van der Waals surface area contributed by atoms with Crippen LogP contribution in [-0.2, 0) is 17.9 Å². The molecule has 0 aromatic heterocycles. The fourth-order valence-electron chi connectivity index (χ4n) is 2.17. The highest BCUT2D eigenvalue weighted by Gasteiger charge is 2.14. The van der Waals surface area contributed by atoms with E-state index in [1.165, 1.54) is 11.0 Å². The van der Waals surface area contributed by atoms with Gasteiger partial charge in [0.05, 0.1) is 6.61 Å². The summed E-state index contributed by atoms with van der Waals surface area (Å²) in [5, 5.41) is 0. The van der Waals surface area contributed by atoms with Gasteiger partial charge in [0.1, 0.15) is 5.82 Å². The van der Waals surface area contributed by atoms with Crippen LogP contribution in [0.4, 0.5) is 4.39 Å². The lowest BCUT2D eigenvalue weighted by Crippen LogP contribution is -2.26. The average Bonchev–Trinajstić information content (AvgIpc) is 2.50.